The zero-order chi connectivity index (χ0) is 35.6. The number of aromatic nitrogens is 1. The van der Waals surface area contributed by atoms with E-state index in [2.05, 4.69) is 28.3 Å². The van der Waals surface area contributed by atoms with Crippen molar-refractivity contribution in [3.8, 4) is 5.75 Å². The lowest BCUT2D eigenvalue weighted by atomic mass is 10.00. The zero-order valence-electron chi connectivity index (χ0n) is 26.5. The van der Waals surface area contributed by atoms with Crippen LogP contribution in [0.2, 0.25) is 5.02 Å². The van der Waals surface area contributed by atoms with Crippen molar-refractivity contribution < 1.29 is 42.1 Å². The number of amides is 1. The third kappa shape index (κ3) is 8.06. The van der Waals surface area contributed by atoms with Crippen molar-refractivity contribution in [3.63, 3.8) is 0 Å². The maximum Gasteiger partial charge on any atom is 0.490 e. The molecule has 0 radical (unpaired) electrons. The maximum atomic E-state index is 14.4. The summed E-state index contributed by atoms with van der Waals surface area (Å²) in [6.07, 6.45) is -2.18. The fourth-order valence-electron chi connectivity index (χ4n) is 5.92. The van der Waals surface area contributed by atoms with Crippen molar-refractivity contribution in [2.75, 3.05) is 38.6 Å². The molecular formula is C33H34ClF4N5O6. The number of benzene rings is 2. The fourth-order valence-corrected chi connectivity index (χ4v) is 6.12. The molecule has 4 heterocycles. The highest BCUT2D eigenvalue weighted by atomic mass is 35.5. The summed E-state index contributed by atoms with van der Waals surface area (Å²) in [5, 5.41) is 20.9. The van der Waals surface area contributed by atoms with Gasteiger partial charge in [0.2, 0.25) is 0 Å². The number of nitrogens with one attached hydrogen (secondary N) is 2. The van der Waals surface area contributed by atoms with Gasteiger partial charge in [0, 0.05) is 37.3 Å². The van der Waals surface area contributed by atoms with Gasteiger partial charge < -0.3 is 35.1 Å². The number of halogens is 5. The minimum Gasteiger partial charge on any atom is -0.486 e. The monoisotopic (exact) mass is 707 g/mol. The number of likely N-dealkylation sites (tertiary alicyclic amines) is 1. The van der Waals surface area contributed by atoms with Gasteiger partial charge in [0.05, 0.1) is 27.7 Å². The van der Waals surface area contributed by atoms with Crippen LogP contribution in [0.15, 0.2) is 46.3 Å². The largest absolute Gasteiger partial charge is 0.490 e. The Labute approximate surface area is 283 Å². The van der Waals surface area contributed by atoms with Crippen LogP contribution in [0.1, 0.15) is 45.5 Å². The van der Waals surface area contributed by atoms with Gasteiger partial charge in [-0.25, -0.2) is 9.18 Å². The number of rotatable bonds is 8. The standard InChI is InChI=1S/C31H33ClFN5O4.C2HF3O2/c1-17-3-4-23(32)29(28(17)33)42-16-21(39)14-35-24-5-8-34-30(40)27(24)26-12-18-11-19-15-38(20-6-9-37(2)10-7-20)31(41)22(19)13-25(18)36-26;3-2(4,5)1(6)7/h3-5,8,11,13,20-21,39H,6-7,9-10,12,14-16H2,1-2H3,(H2,34,35,40);(H,6,7)/t21-;/m1./s1. The van der Waals surface area contributed by atoms with Crippen molar-refractivity contribution in [2.24, 2.45) is 4.99 Å². The molecule has 49 heavy (non-hydrogen) atoms. The van der Waals surface area contributed by atoms with E-state index in [9.17, 15) is 32.3 Å². The minimum atomic E-state index is -5.08. The average Bonchev–Trinajstić information content (AvgIpc) is 3.60. The number of ether oxygens (including phenoxy) is 1. The molecule has 2 aromatic carbocycles. The number of fused-ring (bicyclic) bond motifs is 2. The number of aliphatic hydroxyl groups excluding tert-OH is 1. The molecule has 3 aliphatic heterocycles. The number of aliphatic carboxylic acids is 1. The summed E-state index contributed by atoms with van der Waals surface area (Å²) < 4.78 is 51.6. The highest BCUT2D eigenvalue weighted by Gasteiger charge is 2.38. The number of anilines is 1. The zero-order valence-corrected chi connectivity index (χ0v) is 27.3. The molecule has 6 rings (SSSR count). The minimum absolute atomic E-state index is 0.0390. The number of alkyl halides is 3. The molecule has 3 aliphatic rings. The number of H-pyrrole nitrogens is 1. The molecule has 0 aliphatic carbocycles. The summed E-state index contributed by atoms with van der Waals surface area (Å²) in [5.41, 5.74) is 4.88. The summed E-state index contributed by atoms with van der Waals surface area (Å²) in [5.74, 6) is -3.38. The Bertz CT molecular complexity index is 1840. The van der Waals surface area contributed by atoms with Crippen LogP contribution in [-0.4, -0.2) is 94.2 Å². The van der Waals surface area contributed by atoms with E-state index in [1.165, 1.54) is 6.20 Å². The number of piperidine rings is 1. The predicted molar refractivity (Wildman–Crippen MR) is 174 cm³/mol. The normalized spacial score (nSPS) is 16.8. The third-order valence-electron chi connectivity index (χ3n) is 8.56. The molecule has 1 saturated heterocycles. The number of carbonyl (C=O) groups is 2. The molecule has 11 nitrogen and oxygen atoms in total. The van der Waals surface area contributed by atoms with Crippen LogP contribution >= 0.6 is 11.6 Å². The number of carboxylic acids is 1. The molecule has 3 aromatic rings. The Morgan fingerprint density at radius 2 is 1.88 bits per heavy atom. The lowest BCUT2D eigenvalue weighted by molar-refractivity contribution is -0.192. The topological polar surface area (TPSA) is 148 Å². The molecule has 16 heteroatoms. The van der Waals surface area contributed by atoms with Crippen LogP contribution in [-0.2, 0) is 17.8 Å². The fraction of sp³-hybridized carbons (Fsp3) is 0.394. The average molecular weight is 708 g/mol. The number of aliphatic hydroxyl groups is 1. The van der Waals surface area contributed by atoms with Crippen LogP contribution in [0.5, 0.6) is 5.75 Å². The second kappa shape index (κ2) is 14.6. The van der Waals surface area contributed by atoms with Crippen molar-refractivity contribution in [3.05, 3.63) is 85.5 Å². The molecule has 0 saturated carbocycles. The van der Waals surface area contributed by atoms with Gasteiger partial charge >= 0.3 is 12.1 Å². The maximum absolute atomic E-state index is 14.4. The Kier molecular flexibility index (Phi) is 10.6. The molecule has 1 amide bonds. The first kappa shape index (κ1) is 35.8. The van der Waals surface area contributed by atoms with Gasteiger partial charge in [-0.15, -0.1) is 0 Å². The number of aliphatic imine (C=N–C) groups is 1. The van der Waals surface area contributed by atoms with Gasteiger partial charge in [-0.2, -0.15) is 13.2 Å². The Hall–Kier alpha value is -4.47. The third-order valence-corrected chi connectivity index (χ3v) is 8.86. The predicted octanol–water partition coefficient (Wildman–Crippen LogP) is 4.69. The molecule has 1 atom stereocenters. The highest BCUT2D eigenvalue weighted by molar-refractivity contribution is 6.32. The van der Waals surface area contributed by atoms with E-state index in [1.54, 1.807) is 25.1 Å². The van der Waals surface area contributed by atoms with Crippen molar-refractivity contribution in [2.45, 2.75) is 51.1 Å². The molecule has 1 aromatic heterocycles. The highest BCUT2D eigenvalue weighted by Crippen LogP contribution is 2.37. The number of nitrogens with zero attached hydrogens (tertiary/aromatic N) is 3. The van der Waals surface area contributed by atoms with E-state index < -0.39 is 24.1 Å². The van der Waals surface area contributed by atoms with E-state index in [0.717, 1.165) is 37.1 Å². The molecule has 0 unspecified atom stereocenters. The lowest BCUT2D eigenvalue weighted by Gasteiger charge is -2.34. The van der Waals surface area contributed by atoms with Gasteiger partial charge in [-0.05, 0) is 74.8 Å². The van der Waals surface area contributed by atoms with Gasteiger partial charge in [-0.1, -0.05) is 23.7 Å². The molecule has 0 bridgehead atoms. The molecule has 262 valence electrons. The Morgan fingerprint density at radius 1 is 1.18 bits per heavy atom. The number of hydrogen-bond donors (Lipinski definition) is 4. The van der Waals surface area contributed by atoms with E-state index in [4.69, 9.17) is 31.2 Å². The summed E-state index contributed by atoms with van der Waals surface area (Å²) in [6, 6.07) is 8.96. The molecular weight excluding hydrogens is 674 g/mol. The number of aromatic amines is 1. The Balaban J connectivity index is 0.000000606. The van der Waals surface area contributed by atoms with Crippen LogP contribution in [0.25, 0.3) is 0 Å². The number of aryl methyl sites for hydroxylation is 1. The Morgan fingerprint density at radius 3 is 2.55 bits per heavy atom. The smallest absolute Gasteiger partial charge is 0.486 e. The van der Waals surface area contributed by atoms with Gasteiger partial charge in [-0.3, -0.25) is 14.6 Å². The van der Waals surface area contributed by atoms with E-state index in [-0.39, 0.29) is 41.4 Å². The van der Waals surface area contributed by atoms with Crippen molar-refractivity contribution in [1.29, 1.82) is 0 Å². The number of pyridine rings is 1. The summed E-state index contributed by atoms with van der Waals surface area (Å²) in [4.78, 5) is 46.9. The first-order valence-corrected chi connectivity index (χ1v) is 15.8. The summed E-state index contributed by atoms with van der Waals surface area (Å²) in [6.45, 7) is 4.01. The SMILES string of the molecule is Cc1ccc(Cl)c(OC[C@H](O)CNc2cc[nH]c(=O)c2C2=Nc3cc4c(cc3C2)CN(C2CCN(C)CC2)C4=O)c1F.O=C(O)C(F)(F)F. The number of carbonyl (C=O) groups excluding carboxylic acids is 1. The second-order valence-electron chi connectivity index (χ2n) is 12.1. The molecule has 1 fully saturated rings. The quantitative estimate of drug-likeness (QED) is 0.247. The molecule has 4 N–H and O–H groups in total. The summed E-state index contributed by atoms with van der Waals surface area (Å²) >= 11 is 6.06. The van der Waals surface area contributed by atoms with E-state index in [0.29, 0.717) is 46.7 Å². The summed E-state index contributed by atoms with van der Waals surface area (Å²) in [7, 11) is 2.11. The van der Waals surface area contributed by atoms with Gasteiger partial charge in [0.25, 0.3) is 11.5 Å². The van der Waals surface area contributed by atoms with E-state index in [1.807, 2.05) is 11.0 Å². The number of carboxylic acid groups (broad SMARTS) is 1. The van der Waals surface area contributed by atoms with Gasteiger partial charge in [0.15, 0.2) is 11.6 Å². The first-order chi connectivity index (χ1) is 23.1. The van der Waals surface area contributed by atoms with Gasteiger partial charge in [0.1, 0.15) is 12.7 Å². The van der Waals surface area contributed by atoms with Crippen LogP contribution in [0.4, 0.5) is 28.9 Å². The lowest BCUT2D eigenvalue weighted by Crippen LogP contribution is -2.43. The van der Waals surface area contributed by atoms with Crippen molar-refractivity contribution >= 4 is 40.6 Å². The number of hydrogen-bond acceptors (Lipinski definition) is 8. The first-order valence-electron chi connectivity index (χ1n) is 15.4. The van der Waals surface area contributed by atoms with Crippen LogP contribution in [0.3, 0.4) is 0 Å². The second-order valence-corrected chi connectivity index (χ2v) is 12.5. The van der Waals surface area contributed by atoms with E-state index >= 15 is 0 Å². The van der Waals surface area contributed by atoms with Crippen molar-refractivity contribution in [1.82, 2.24) is 14.8 Å². The van der Waals surface area contributed by atoms with Crippen LogP contribution < -0.4 is 15.6 Å². The molecule has 0 spiro atoms. The van der Waals surface area contributed by atoms with Crippen LogP contribution in [0, 0.1) is 12.7 Å².